The Bertz CT molecular complexity index is 362. The topological polar surface area (TPSA) is 55.0 Å². The molecule has 0 saturated carbocycles. The SMILES string of the molecule is CCCOCc1nc(C)c(Br)c(=O)[nH]1. The van der Waals surface area contributed by atoms with Crippen molar-refractivity contribution >= 4 is 15.9 Å². The van der Waals surface area contributed by atoms with Gasteiger partial charge in [-0.05, 0) is 29.3 Å². The van der Waals surface area contributed by atoms with Crippen molar-refractivity contribution in [2.75, 3.05) is 6.61 Å². The molecule has 0 spiro atoms. The number of hydrogen-bond acceptors (Lipinski definition) is 3. The van der Waals surface area contributed by atoms with Gasteiger partial charge in [-0.3, -0.25) is 4.79 Å². The second-order valence-electron chi connectivity index (χ2n) is 2.96. The molecule has 78 valence electrons. The summed E-state index contributed by atoms with van der Waals surface area (Å²) in [6, 6.07) is 0. The monoisotopic (exact) mass is 260 g/mol. The molecule has 14 heavy (non-hydrogen) atoms. The van der Waals surface area contributed by atoms with Gasteiger partial charge in [0.1, 0.15) is 16.9 Å². The van der Waals surface area contributed by atoms with Crippen molar-refractivity contribution < 1.29 is 4.74 Å². The van der Waals surface area contributed by atoms with Crippen LogP contribution in [0.3, 0.4) is 0 Å². The van der Waals surface area contributed by atoms with Crippen LogP contribution in [0.2, 0.25) is 0 Å². The van der Waals surface area contributed by atoms with Gasteiger partial charge < -0.3 is 9.72 Å². The number of H-pyrrole nitrogens is 1. The number of ether oxygens (including phenoxy) is 1. The summed E-state index contributed by atoms with van der Waals surface area (Å²) in [7, 11) is 0. The van der Waals surface area contributed by atoms with E-state index in [0.29, 0.717) is 29.2 Å². The van der Waals surface area contributed by atoms with Gasteiger partial charge in [0.15, 0.2) is 0 Å². The second-order valence-corrected chi connectivity index (χ2v) is 3.76. The first-order chi connectivity index (χ1) is 6.65. The molecule has 0 unspecified atom stereocenters. The summed E-state index contributed by atoms with van der Waals surface area (Å²) in [5, 5.41) is 0. The molecule has 1 heterocycles. The lowest BCUT2D eigenvalue weighted by atomic mass is 10.4. The molecule has 0 aliphatic heterocycles. The number of aryl methyl sites for hydroxylation is 1. The van der Waals surface area contributed by atoms with E-state index in [2.05, 4.69) is 25.9 Å². The van der Waals surface area contributed by atoms with Crippen LogP contribution in [0.1, 0.15) is 24.9 Å². The Morgan fingerprint density at radius 1 is 1.57 bits per heavy atom. The third-order valence-electron chi connectivity index (χ3n) is 1.66. The minimum atomic E-state index is -0.160. The summed E-state index contributed by atoms with van der Waals surface area (Å²) in [4.78, 5) is 18.1. The van der Waals surface area contributed by atoms with Crippen molar-refractivity contribution in [2.24, 2.45) is 0 Å². The van der Waals surface area contributed by atoms with E-state index in [1.54, 1.807) is 6.92 Å². The fourth-order valence-electron chi connectivity index (χ4n) is 1.01. The molecule has 1 aromatic rings. The largest absolute Gasteiger partial charge is 0.374 e. The van der Waals surface area contributed by atoms with Crippen molar-refractivity contribution in [3.05, 3.63) is 26.3 Å². The van der Waals surface area contributed by atoms with Gasteiger partial charge in [-0.1, -0.05) is 6.92 Å². The summed E-state index contributed by atoms with van der Waals surface area (Å²) in [6.07, 6.45) is 0.958. The smallest absolute Gasteiger partial charge is 0.265 e. The van der Waals surface area contributed by atoms with Crippen molar-refractivity contribution in [3.63, 3.8) is 0 Å². The zero-order valence-electron chi connectivity index (χ0n) is 8.26. The number of hydrogen-bond donors (Lipinski definition) is 1. The maximum atomic E-state index is 11.3. The third kappa shape index (κ3) is 2.92. The van der Waals surface area contributed by atoms with Crippen LogP contribution in [-0.2, 0) is 11.3 Å². The molecule has 5 heteroatoms. The number of aromatic amines is 1. The summed E-state index contributed by atoms with van der Waals surface area (Å²) >= 11 is 3.15. The van der Waals surface area contributed by atoms with Crippen molar-refractivity contribution in [3.8, 4) is 0 Å². The van der Waals surface area contributed by atoms with Crippen LogP contribution in [0.4, 0.5) is 0 Å². The predicted molar refractivity (Wildman–Crippen MR) is 57.2 cm³/mol. The first kappa shape index (κ1) is 11.4. The van der Waals surface area contributed by atoms with Crippen molar-refractivity contribution in [1.29, 1.82) is 0 Å². The number of rotatable bonds is 4. The fourth-order valence-corrected chi connectivity index (χ4v) is 1.20. The minimum Gasteiger partial charge on any atom is -0.374 e. The van der Waals surface area contributed by atoms with E-state index in [9.17, 15) is 4.79 Å². The van der Waals surface area contributed by atoms with Gasteiger partial charge >= 0.3 is 0 Å². The van der Waals surface area contributed by atoms with Gasteiger partial charge in [-0.15, -0.1) is 0 Å². The van der Waals surface area contributed by atoms with Crippen LogP contribution < -0.4 is 5.56 Å². The van der Waals surface area contributed by atoms with Gasteiger partial charge in [0.2, 0.25) is 0 Å². The Kier molecular flexibility index (Phi) is 4.28. The Labute approximate surface area is 90.8 Å². The predicted octanol–water partition coefficient (Wildman–Crippen LogP) is 1.77. The molecule has 4 nitrogen and oxygen atoms in total. The van der Waals surface area contributed by atoms with Gasteiger partial charge in [-0.25, -0.2) is 4.98 Å². The molecule has 0 amide bonds. The summed E-state index contributed by atoms with van der Waals surface area (Å²) < 4.78 is 5.75. The van der Waals surface area contributed by atoms with E-state index in [-0.39, 0.29) is 5.56 Å². The van der Waals surface area contributed by atoms with Crippen molar-refractivity contribution in [1.82, 2.24) is 9.97 Å². The highest BCUT2D eigenvalue weighted by molar-refractivity contribution is 9.10. The third-order valence-corrected chi connectivity index (χ3v) is 2.60. The highest BCUT2D eigenvalue weighted by atomic mass is 79.9. The van der Waals surface area contributed by atoms with E-state index in [0.717, 1.165) is 6.42 Å². The highest BCUT2D eigenvalue weighted by Gasteiger charge is 2.04. The maximum absolute atomic E-state index is 11.3. The quantitative estimate of drug-likeness (QED) is 0.840. The number of nitrogens with zero attached hydrogens (tertiary/aromatic N) is 1. The first-order valence-electron chi connectivity index (χ1n) is 4.48. The molecule has 0 aromatic carbocycles. The molecule has 1 rings (SSSR count). The van der Waals surface area contributed by atoms with Gasteiger partial charge in [-0.2, -0.15) is 0 Å². The Morgan fingerprint density at radius 2 is 2.29 bits per heavy atom. The van der Waals surface area contributed by atoms with Gasteiger partial charge in [0.05, 0.1) is 5.69 Å². The Hall–Kier alpha value is -0.680. The molecule has 0 aliphatic rings. The van der Waals surface area contributed by atoms with Crippen LogP contribution in [-0.4, -0.2) is 16.6 Å². The summed E-state index contributed by atoms with van der Waals surface area (Å²) in [5.74, 6) is 0.573. The fraction of sp³-hybridized carbons (Fsp3) is 0.556. The Morgan fingerprint density at radius 3 is 2.86 bits per heavy atom. The maximum Gasteiger partial charge on any atom is 0.265 e. The average molecular weight is 261 g/mol. The van der Waals surface area contributed by atoms with E-state index in [1.807, 2.05) is 6.92 Å². The van der Waals surface area contributed by atoms with E-state index < -0.39 is 0 Å². The minimum absolute atomic E-state index is 0.160. The number of nitrogens with one attached hydrogen (secondary N) is 1. The molecule has 1 N–H and O–H groups in total. The van der Waals surface area contributed by atoms with Crippen LogP contribution >= 0.6 is 15.9 Å². The molecular formula is C9H13BrN2O2. The molecule has 0 atom stereocenters. The Balaban J connectivity index is 2.75. The molecule has 0 bridgehead atoms. The molecule has 0 radical (unpaired) electrons. The standard InChI is InChI=1S/C9H13BrN2O2/c1-3-4-14-5-7-11-6(2)8(10)9(13)12-7/h3-5H2,1-2H3,(H,11,12,13). The van der Waals surface area contributed by atoms with Crippen LogP contribution in [0.25, 0.3) is 0 Å². The van der Waals surface area contributed by atoms with E-state index >= 15 is 0 Å². The summed E-state index contributed by atoms with van der Waals surface area (Å²) in [5.41, 5.74) is 0.524. The first-order valence-corrected chi connectivity index (χ1v) is 5.27. The van der Waals surface area contributed by atoms with Gasteiger partial charge in [0.25, 0.3) is 5.56 Å². The van der Waals surface area contributed by atoms with Crippen LogP contribution in [0, 0.1) is 6.92 Å². The molecule has 1 aromatic heterocycles. The van der Waals surface area contributed by atoms with E-state index in [4.69, 9.17) is 4.74 Å². The zero-order chi connectivity index (χ0) is 10.6. The number of halogens is 1. The normalized spacial score (nSPS) is 10.5. The molecule has 0 fully saturated rings. The highest BCUT2D eigenvalue weighted by Crippen LogP contribution is 2.06. The molecule has 0 saturated heterocycles. The zero-order valence-corrected chi connectivity index (χ0v) is 9.85. The van der Waals surface area contributed by atoms with E-state index in [1.165, 1.54) is 0 Å². The lowest BCUT2D eigenvalue weighted by Gasteiger charge is -2.03. The second kappa shape index (κ2) is 5.26. The lowest BCUT2D eigenvalue weighted by Crippen LogP contribution is -2.15. The van der Waals surface area contributed by atoms with Crippen molar-refractivity contribution in [2.45, 2.75) is 26.9 Å². The molecule has 0 aliphatic carbocycles. The van der Waals surface area contributed by atoms with Crippen LogP contribution in [0.15, 0.2) is 9.27 Å². The summed E-state index contributed by atoms with van der Waals surface area (Å²) in [6.45, 7) is 4.85. The number of aromatic nitrogens is 2. The molecular weight excluding hydrogens is 248 g/mol. The lowest BCUT2D eigenvalue weighted by molar-refractivity contribution is 0.115. The van der Waals surface area contributed by atoms with Crippen LogP contribution in [0.5, 0.6) is 0 Å². The van der Waals surface area contributed by atoms with Gasteiger partial charge in [0, 0.05) is 6.61 Å². The average Bonchev–Trinajstić information content (AvgIpc) is 2.14.